The van der Waals surface area contributed by atoms with Gasteiger partial charge in [-0.25, -0.2) is 4.68 Å². The Bertz CT molecular complexity index is 463. The minimum Gasteiger partial charge on any atom is -0.380 e. The first-order valence-corrected chi connectivity index (χ1v) is 7.71. The predicted octanol–water partition coefficient (Wildman–Crippen LogP) is 2.24. The van der Waals surface area contributed by atoms with Crippen LogP contribution >= 0.6 is 27.7 Å². The number of nitrogens with zero attached hydrogens (tertiary/aromatic N) is 2. The van der Waals surface area contributed by atoms with Crippen molar-refractivity contribution in [2.45, 2.75) is 30.6 Å². The van der Waals surface area contributed by atoms with Crippen LogP contribution in [0.4, 0.5) is 5.69 Å². The lowest BCUT2D eigenvalue weighted by atomic mass is 10.2. The molecule has 0 radical (unpaired) electrons. The monoisotopic (exact) mass is 317 g/mol. The number of rotatable bonds is 3. The Morgan fingerprint density at radius 3 is 3.00 bits per heavy atom. The third-order valence-electron chi connectivity index (χ3n) is 3.16. The van der Waals surface area contributed by atoms with Crippen LogP contribution in [0.2, 0.25) is 0 Å². The summed E-state index contributed by atoms with van der Waals surface area (Å²) in [7, 11) is 1.65. The van der Waals surface area contributed by atoms with E-state index in [1.807, 2.05) is 11.8 Å². The maximum absolute atomic E-state index is 11.7. The molecular formula is C11H16BrN3OS. The molecule has 0 aliphatic heterocycles. The molecule has 1 fully saturated rings. The van der Waals surface area contributed by atoms with E-state index in [4.69, 9.17) is 0 Å². The zero-order valence-corrected chi connectivity index (χ0v) is 12.3. The van der Waals surface area contributed by atoms with Crippen molar-refractivity contribution in [1.29, 1.82) is 0 Å². The molecule has 1 aliphatic rings. The van der Waals surface area contributed by atoms with Crippen LogP contribution < -0.4 is 10.9 Å². The molecule has 1 aromatic heterocycles. The summed E-state index contributed by atoms with van der Waals surface area (Å²) in [6.45, 7) is 0. The Balaban J connectivity index is 2.10. The van der Waals surface area contributed by atoms with E-state index in [-0.39, 0.29) is 5.56 Å². The molecule has 1 heterocycles. The van der Waals surface area contributed by atoms with E-state index in [2.05, 4.69) is 32.6 Å². The van der Waals surface area contributed by atoms with Crippen molar-refractivity contribution in [1.82, 2.24) is 9.78 Å². The van der Waals surface area contributed by atoms with Crippen LogP contribution in [-0.2, 0) is 7.05 Å². The maximum Gasteiger partial charge on any atom is 0.282 e. The van der Waals surface area contributed by atoms with E-state index < -0.39 is 0 Å². The van der Waals surface area contributed by atoms with Crippen molar-refractivity contribution in [2.75, 3.05) is 11.6 Å². The van der Waals surface area contributed by atoms with E-state index in [1.165, 1.54) is 11.1 Å². The van der Waals surface area contributed by atoms with Gasteiger partial charge in [0.1, 0.15) is 4.47 Å². The van der Waals surface area contributed by atoms with Gasteiger partial charge in [-0.15, -0.1) is 0 Å². The smallest absolute Gasteiger partial charge is 0.282 e. The summed E-state index contributed by atoms with van der Waals surface area (Å²) in [5.41, 5.74) is 0.703. The summed E-state index contributed by atoms with van der Waals surface area (Å²) >= 11 is 5.25. The quantitative estimate of drug-likeness (QED) is 0.928. The van der Waals surface area contributed by atoms with Crippen LogP contribution in [0.3, 0.4) is 0 Å². The molecule has 2 atom stereocenters. The molecule has 1 saturated carbocycles. The molecule has 0 bridgehead atoms. The minimum absolute atomic E-state index is 0.102. The SMILES string of the molecule is CSC1CCC(Nc2cnn(C)c(=O)c2Br)C1. The van der Waals surface area contributed by atoms with Crippen molar-refractivity contribution in [3.8, 4) is 0 Å². The second-order valence-corrected chi connectivity index (χ2v) is 6.24. The Labute approximate surface area is 113 Å². The molecule has 17 heavy (non-hydrogen) atoms. The fraction of sp³-hybridized carbons (Fsp3) is 0.636. The highest BCUT2D eigenvalue weighted by Crippen LogP contribution is 2.31. The van der Waals surface area contributed by atoms with Gasteiger partial charge in [0, 0.05) is 18.3 Å². The fourth-order valence-electron chi connectivity index (χ4n) is 2.12. The van der Waals surface area contributed by atoms with Gasteiger partial charge >= 0.3 is 0 Å². The Morgan fingerprint density at radius 2 is 2.35 bits per heavy atom. The minimum atomic E-state index is -0.102. The number of anilines is 1. The standard InChI is InChI=1S/C11H16BrN3OS/c1-15-11(16)10(12)9(6-13-15)14-7-3-4-8(5-7)17-2/h6-8,14H,3-5H2,1-2H3. The van der Waals surface area contributed by atoms with E-state index in [0.29, 0.717) is 10.5 Å². The number of thioether (sulfide) groups is 1. The van der Waals surface area contributed by atoms with Crippen LogP contribution in [0.1, 0.15) is 19.3 Å². The van der Waals surface area contributed by atoms with Gasteiger partial charge in [0.25, 0.3) is 5.56 Å². The van der Waals surface area contributed by atoms with Crippen molar-refractivity contribution in [3.05, 3.63) is 21.0 Å². The maximum atomic E-state index is 11.7. The molecule has 1 aromatic rings. The van der Waals surface area contributed by atoms with E-state index in [1.54, 1.807) is 13.2 Å². The molecular weight excluding hydrogens is 302 g/mol. The molecule has 6 heteroatoms. The highest BCUT2D eigenvalue weighted by atomic mass is 79.9. The van der Waals surface area contributed by atoms with E-state index in [9.17, 15) is 4.79 Å². The third kappa shape index (κ3) is 2.85. The topological polar surface area (TPSA) is 46.9 Å². The van der Waals surface area contributed by atoms with Crippen LogP contribution in [-0.4, -0.2) is 27.3 Å². The number of aromatic nitrogens is 2. The van der Waals surface area contributed by atoms with E-state index >= 15 is 0 Å². The molecule has 0 saturated heterocycles. The van der Waals surface area contributed by atoms with Gasteiger partial charge in [-0.3, -0.25) is 4.79 Å². The summed E-state index contributed by atoms with van der Waals surface area (Å²) in [5.74, 6) is 0. The molecule has 2 unspecified atom stereocenters. The first-order chi connectivity index (χ1) is 8.11. The lowest BCUT2D eigenvalue weighted by Gasteiger charge is -2.15. The lowest BCUT2D eigenvalue weighted by molar-refractivity contribution is 0.696. The Hall–Kier alpha value is -0.490. The summed E-state index contributed by atoms with van der Waals surface area (Å²) in [5, 5.41) is 8.17. The van der Waals surface area contributed by atoms with Crippen molar-refractivity contribution < 1.29 is 0 Å². The molecule has 1 N–H and O–H groups in total. The first kappa shape index (κ1) is 13.0. The Kier molecular flexibility index (Phi) is 4.14. The summed E-state index contributed by atoms with van der Waals surface area (Å²) in [6.07, 6.45) is 7.42. The fourth-order valence-corrected chi connectivity index (χ4v) is 3.39. The number of hydrogen-bond acceptors (Lipinski definition) is 4. The molecule has 1 aliphatic carbocycles. The third-order valence-corrected chi connectivity index (χ3v) is 5.02. The van der Waals surface area contributed by atoms with Gasteiger partial charge in [0.15, 0.2) is 0 Å². The lowest BCUT2D eigenvalue weighted by Crippen LogP contribution is -2.24. The molecule has 0 amide bonds. The average molecular weight is 318 g/mol. The summed E-state index contributed by atoms with van der Waals surface area (Å²) in [6, 6.07) is 0.456. The highest BCUT2D eigenvalue weighted by molar-refractivity contribution is 9.10. The summed E-state index contributed by atoms with van der Waals surface area (Å²) in [4.78, 5) is 11.7. The van der Waals surface area contributed by atoms with Gasteiger partial charge in [0.2, 0.25) is 0 Å². The second kappa shape index (κ2) is 5.44. The van der Waals surface area contributed by atoms with Gasteiger partial charge < -0.3 is 5.32 Å². The Morgan fingerprint density at radius 1 is 1.59 bits per heavy atom. The number of hydrogen-bond donors (Lipinski definition) is 1. The van der Waals surface area contributed by atoms with Gasteiger partial charge in [-0.2, -0.15) is 16.9 Å². The molecule has 0 spiro atoms. The van der Waals surface area contributed by atoms with Crippen LogP contribution in [0, 0.1) is 0 Å². The van der Waals surface area contributed by atoms with Crippen molar-refractivity contribution in [2.24, 2.45) is 7.05 Å². The number of aryl methyl sites for hydroxylation is 1. The summed E-state index contributed by atoms with van der Waals surface area (Å²) < 4.78 is 1.90. The molecule has 0 aromatic carbocycles. The number of nitrogens with one attached hydrogen (secondary N) is 1. The predicted molar refractivity (Wildman–Crippen MR) is 75.7 cm³/mol. The number of halogens is 1. The van der Waals surface area contributed by atoms with Crippen molar-refractivity contribution >= 4 is 33.4 Å². The van der Waals surface area contributed by atoms with E-state index in [0.717, 1.165) is 23.8 Å². The van der Waals surface area contributed by atoms with Gasteiger partial charge in [-0.1, -0.05) is 0 Å². The van der Waals surface area contributed by atoms with Crippen molar-refractivity contribution in [3.63, 3.8) is 0 Å². The van der Waals surface area contributed by atoms with Gasteiger partial charge in [0.05, 0.1) is 11.9 Å². The van der Waals surface area contributed by atoms with Crippen LogP contribution in [0.5, 0.6) is 0 Å². The zero-order chi connectivity index (χ0) is 12.4. The molecule has 4 nitrogen and oxygen atoms in total. The zero-order valence-electron chi connectivity index (χ0n) is 9.94. The molecule has 2 rings (SSSR count). The molecule has 94 valence electrons. The normalized spacial score (nSPS) is 23.9. The highest BCUT2D eigenvalue weighted by Gasteiger charge is 2.24. The first-order valence-electron chi connectivity index (χ1n) is 5.63. The van der Waals surface area contributed by atoms with Crippen LogP contribution in [0.15, 0.2) is 15.5 Å². The second-order valence-electron chi connectivity index (χ2n) is 4.31. The average Bonchev–Trinajstić information content (AvgIpc) is 2.78. The largest absolute Gasteiger partial charge is 0.380 e. The van der Waals surface area contributed by atoms with Gasteiger partial charge in [-0.05, 0) is 41.4 Å². The van der Waals surface area contributed by atoms with Crippen LogP contribution in [0.25, 0.3) is 0 Å².